The minimum absolute atomic E-state index is 0.0985. The van der Waals surface area contributed by atoms with E-state index in [0.29, 0.717) is 0 Å². The highest BCUT2D eigenvalue weighted by atomic mass is 16.5. The lowest BCUT2D eigenvalue weighted by Crippen LogP contribution is -2.22. The Bertz CT molecular complexity index is 761. The summed E-state index contributed by atoms with van der Waals surface area (Å²) in [7, 11) is 0. The van der Waals surface area contributed by atoms with E-state index in [9.17, 15) is 9.90 Å². The summed E-state index contributed by atoms with van der Waals surface area (Å²) < 4.78 is 7.75. The third kappa shape index (κ3) is 3.11. The molecule has 2 fully saturated rings. The number of carboxylic acids is 1. The van der Waals surface area contributed by atoms with E-state index in [-0.39, 0.29) is 11.8 Å². The topological polar surface area (TPSA) is 80.5 Å². The Hall–Kier alpha value is -2.41. The largest absolute Gasteiger partial charge is 0.478 e. The first kappa shape index (κ1) is 16.1. The van der Waals surface area contributed by atoms with Crippen LogP contribution in [-0.4, -0.2) is 45.5 Å². The Morgan fingerprint density at radius 1 is 1.24 bits per heavy atom. The van der Waals surface area contributed by atoms with Crippen LogP contribution in [0.4, 0.5) is 5.82 Å². The lowest BCUT2D eigenvalue weighted by atomic mass is 10.1. The quantitative estimate of drug-likeness (QED) is 0.920. The van der Waals surface area contributed by atoms with Crippen molar-refractivity contribution >= 4 is 11.8 Å². The molecule has 25 heavy (non-hydrogen) atoms. The van der Waals surface area contributed by atoms with Crippen LogP contribution in [0.5, 0.6) is 0 Å². The fraction of sp³-hybridized carbons (Fsp3) is 0.500. The first-order valence-electron chi connectivity index (χ1n) is 8.88. The second-order valence-corrected chi connectivity index (χ2v) is 6.58. The van der Waals surface area contributed by atoms with E-state index < -0.39 is 5.97 Å². The molecule has 1 unspecified atom stereocenters. The zero-order valence-electron chi connectivity index (χ0n) is 14.1. The van der Waals surface area contributed by atoms with E-state index in [0.717, 1.165) is 68.9 Å². The zero-order chi connectivity index (χ0) is 17.2. The van der Waals surface area contributed by atoms with Crippen molar-refractivity contribution in [3.05, 3.63) is 30.1 Å². The molecule has 0 aromatic carbocycles. The molecule has 0 amide bonds. The van der Waals surface area contributed by atoms with E-state index >= 15 is 0 Å². The lowest BCUT2D eigenvalue weighted by Gasteiger charge is -2.26. The summed E-state index contributed by atoms with van der Waals surface area (Å²) in [5.41, 5.74) is 1.87. The second-order valence-electron chi connectivity index (χ2n) is 6.58. The summed E-state index contributed by atoms with van der Waals surface area (Å²) in [5.74, 6) is -0.137. The molecule has 0 aliphatic carbocycles. The summed E-state index contributed by atoms with van der Waals surface area (Å²) in [6.45, 7) is 2.62. The van der Waals surface area contributed by atoms with Crippen molar-refractivity contribution in [3.8, 4) is 11.3 Å². The van der Waals surface area contributed by atoms with Crippen molar-refractivity contribution in [1.29, 1.82) is 0 Å². The van der Waals surface area contributed by atoms with Gasteiger partial charge in [-0.3, -0.25) is 0 Å². The van der Waals surface area contributed by atoms with Crippen molar-refractivity contribution in [2.24, 2.45) is 0 Å². The highest BCUT2D eigenvalue weighted by Crippen LogP contribution is 2.34. The maximum atomic E-state index is 11.4. The Balaban J connectivity index is 1.79. The van der Waals surface area contributed by atoms with Crippen LogP contribution in [0.1, 0.15) is 48.7 Å². The molecule has 0 spiro atoms. The molecule has 2 aromatic rings. The van der Waals surface area contributed by atoms with Gasteiger partial charge in [0, 0.05) is 37.7 Å². The first-order valence-corrected chi connectivity index (χ1v) is 8.88. The molecule has 132 valence electrons. The highest BCUT2D eigenvalue weighted by molar-refractivity contribution is 5.90. The average Bonchev–Trinajstić information content (AvgIpc) is 3.33. The van der Waals surface area contributed by atoms with Gasteiger partial charge in [0.05, 0.1) is 11.3 Å². The number of carbonyl (C=O) groups is 1. The van der Waals surface area contributed by atoms with E-state index in [1.54, 1.807) is 12.3 Å². The van der Waals surface area contributed by atoms with Crippen LogP contribution >= 0.6 is 0 Å². The molecule has 4 rings (SSSR count). The monoisotopic (exact) mass is 342 g/mol. The average molecular weight is 342 g/mol. The van der Waals surface area contributed by atoms with Crippen LogP contribution < -0.4 is 4.90 Å². The van der Waals surface area contributed by atoms with Crippen LogP contribution in [0.2, 0.25) is 0 Å². The predicted octanol–water partition coefficient (Wildman–Crippen LogP) is 2.94. The molecule has 0 saturated carbocycles. The number of aromatic nitrogens is 3. The molecule has 2 aromatic heterocycles. The maximum absolute atomic E-state index is 11.4. The van der Waals surface area contributed by atoms with E-state index in [4.69, 9.17) is 4.74 Å². The number of ether oxygens (including phenoxy) is 1. The molecule has 1 atom stereocenters. The van der Waals surface area contributed by atoms with Crippen LogP contribution in [0.25, 0.3) is 11.3 Å². The van der Waals surface area contributed by atoms with Gasteiger partial charge in [-0.25, -0.2) is 14.5 Å². The summed E-state index contributed by atoms with van der Waals surface area (Å²) in [6.07, 6.45) is 8.45. The van der Waals surface area contributed by atoms with Gasteiger partial charge >= 0.3 is 5.97 Å². The van der Waals surface area contributed by atoms with Crippen molar-refractivity contribution in [1.82, 2.24) is 14.8 Å². The number of pyridine rings is 1. The van der Waals surface area contributed by atoms with E-state index in [1.165, 1.54) is 6.20 Å². The molecule has 7 nitrogen and oxygen atoms in total. The molecule has 7 heteroatoms. The SMILES string of the molecule is O=C(O)c1cnc(N2CCCC2)c(-c2ccnn2C2CCCCO2)c1. The number of anilines is 1. The third-order valence-electron chi connectivity index (χ3n) is 4.89. The van der Waals surface area contributed by atoms with Gasteiger partial charge in [0.15, 0.2) is 6.23 Å². The molecular formula is C18H22N4O3. The van der Waals surface area contributed by atoms with Crippen LogP contribution in [0.15, 0.2) is 24.5 Å². The Morgan fingerprint density at radius 2 is 2.08 bits per heavy atom. The van der Waals surface area contributed by atoms with Crippen molar-refractivity contribution in [2.45, 2.75) is 38.3 Å². The standard InChI is InChI=1S/C18H22N4O3/c23-18(24)13-11-14(17(19-12-13)21-8-2-3-9-21)15-6-7-20-22(15)16-5-1-4-10-25-16/h6-7,11-12,16H,1-5,8-10H2,(H,23,24). The summed E-state index contributed by atoms with van der Waals surface area (Å²) in [5, 5.41) is 13.8. The van der Waals surface area contributed by atoms with Gasteiger partial charge in [-0.15, -0.1) is 0 Å². The highest BCUT2D eigenvalue weighted by Gasteiger charge is 2.25. The van der Waals surface area contributed by atoms with Gasteiger partial charge in [0.2, 0.25) is 0 Å². The molecule has 0 bridgehead atoms. The van der Waals surface area contributed by atoms with Crippen molar-refractivity contribution < 1.29 is 14.6 Å². The normalized spacial score (nSPS) is 20.8. The molecule has 2 aliphatic heterocycles. The minimum atomic E-state index is -0.971. The van der Waals surface area contributed by atoms with Crippen molar-refractivity contribution in [3.63, 3.8) is 0 Å². The van der Waals surface area contributed by atoms with Gasteiger partial charge in [0.25, 0.3) is 0 Å². The van der Waals surface area contributed by atoms with Crippen molar-refractivity contribution in [2.75, 3.05) is 24.6 Å². The van der Waals surface area contributed by atoms with Crippen LogP contribution in [-0.2, 0) is 4.74 Å². The van der Waals surface area contributed by atoms with E-state index in [1.807, 2.05) is 10.7 Å². The smallest absolute Gasteiger partial charge is 0.337 e. The number of hydrogen-bond acceptors (Lipinski definition) is 5. The molecule has 4 heterocycles. The summed E-state index contributed by atoms with van der Waals surface area (Å²) >= 11 is 0. The Kier molecular flexibility index (Phi) is 4.40. The first-order chi connectivity index (χ1) is 12.2. The molecule has 1 N–H and O–H groups in total. The number of carboxylic acid groups (broad SMARTS) is 1. The lowest BCUT2D eigenvalue weighted by molar-refractivity contribution is -0.0383. The summed E-state index contributed by atoms with van der Waals surface area (Å²) in [4.78, 5) is 18.2. The molecule has 0 radical (unpaired) electrons. The van der Waals surface area contributed by atoms with E-state index in [2.05, 4.69) is 15.0 Å². The Labute approximate surface area is 146 Å². The fourth-order valence-corrected chi connectivity index (χ4v) is 3.62. The number of nitrogens with zero attached hydrogens (tertiary/aromatic N) is 4. The molecular weight excluding hydrogens is 320 g/mol. The third-order valence-corrected chi connectivity index (χ3v) is 4.89. The van der Waals surface area contributed by atoms with Crippen LogP contribution in [0, 0.1) is 0 Å². The van der Waals surface area contributed by atoms with Gasteiger partial charge in [-0.2, -0.15) is 5.10 Å². The number of rotatable bonds is 4. The van der Waals surface area contributed by atoms with Crippen LogP contribution in [0.3, 0.4) is 0 Å². The van der Waals surface area contributed by atoms with Gasteiger partial charge in [-0.1, -0.05) is 0 Å². The van der Waals surface area contributed by atoms with Gasteiger partial charge < -0.3 is 14.7 Å². The molecule has 2 saturated heterocycles. The second kappa shape index (κ2) is 6.84. The van der Waals surface area contributed by atoms with Gasteiger partial charge in [0.1, 0.15) is 5.82 Å². The fourth-order valence-electron chi connectivity index (χ4n) is 3.62. The summed E-state index contributed by atoms with van der Waals surface area (Å²) in [6, 6.07) is 3.62. The predicted molar refractivity (Wildman–Crippen MR) is 92.7 cm³/mol. The van der Waals surface area contributed by atoms with Gasteiger partial charge in [-0.05, 0) is 44.2 Å². The minimum Gasteiger partial charge on any atom is -0.478 e. The maximum Gasteiger partial charge on any atom is 0.337 e. The number of hydrogen-bond donors (Lipinski definition) is 1. The molecule has 2 aliphatic rings. The Morgan fingerprint density at radius 3 is 2.80 bits per heavy atom. The zero-order valence-corrected chi connectivity index (χ0v) is 14.1. The number of aromatic carboxylic acids is 1.